The molecule has 1 radical (unpaired) electrons. The number of furan rings is 1. The molecule has 3 aromatic heterocycles. The molecule has 0 unspecified atom stereocenters. The van der Waals surface area contributed by atoms with E-state index in [1.54, 1.807) is 0 Å². The summed E-state index contributed by atoms with van der Waals surface area (Å²) in [5, 5.41) is 5.64. The third-order valence-electron chi connectivity index (χ3n) is 10.3. The molecular formula is C52H51IrN3OSi-2. The largest absolute Gasteiger partial charge is 0.501 e. The van der Waals surface area contributed by atoms with Crippen LogP contribution in [0.15, 0.2) is 138 Å². The summed E-state index contributed by atoms with van der Waals surface area (Å²) in [5.41, 5.74) is 8.92. The van der Waals surface area contributed by atoms with E-state index in [1.807, 2.05) is 69.4 Å². The molecule has 0 saturated heterocycles. The van der Waals surface area contributed by atoms with Crippen LogP contribution in [0, 0.1) is 17.5 Å². The van der Waals surface area contributed by atoms with E-state index >= 15 is 0 Å². The van der Waals surface area contributed by atoms with Gasteiger partial charge < -0.3 is 14.0 Å². The zero-order valence-electron chi connectivity index (χ0n) is 36.8. The minimum atomic E-state index is -1.74. The number of aromatic nitrogens is 3. The van der Waals surface area contributed by atoms with Crippen LogP contribution in [0.1, 0.15) is 55.4 Å². The SMILES string of the molecule is [2H]C([2H])(c1cc(-c2[c-]ccc(C(C)(C)C)c2)ncc1[Si](C)(C)C)C(C)(C)C.[Ir].[c-]1ccc2c(oc3ccccc32)c1-c1nc2ccccc2n1-c1cccc2ccccc12. The molecule has 0 aliphatic rings. The first-order valence-electron chi connectivity index (χ1n) is 20.7. The van der Waals surface area contributed by atoms with Crippen LogP contribution in [0.2, 0.25) is 19.6 Å². The second kappa shape index (κ2) is 15.9. The van der Waals surface area contributed by atoms with Crippen molar-refractivity contribution in [1.29, 1.82) is 0 Å². The van der Waals surface area contributed by atoms with Gasteiger partial charge in [0.1, 0.15) is 5.58 Å². The number of nitrogens with zero attached hydrogens (tertiary/aromatic N) is 3. The van der Waals surface area contributed by atoms with Gasteiger partial charge in [-0.2, -0.15) is 0 Å². The number of benzene rings is 6. The standard InChI is InChI=1S/C29H17N2O.C23H34NSi.Ir/c1-2-11-20-19(9-1)10-7-17-25(20)31-26-16-5-4-15-24(26)30-29(31)23-14-8-13-22-21-12-3-6-18-27(21)32-28(22)23;1-22(2,3)15-18-14-20(24-16-21(18)25(7,8)9)17-11-10-12-19(13-17)23(4,5)6;/h1-13,15-18H;10,12-14,16H,15H2,1-9H3;/q2*-1;/i;15D2;. The quantitative estimate of drug-likeness (QED) is 0.128. The Labute approximate surface area is 360 Å². The van der Waals surface area contributed by atoms with Crippen molar-refractivity contribution in [3.8, 4) is 28.3 Å². The molecule has 0 aliphatic heterocycles. The van der Waals surface area contributed by atoms with Crippen LogP contribution in [0.5, 0.6) is 0 Å². The van der Waals surface area contributed by atoms with Crippen LogP contribution in [0.4, 0.5) is 0 Å². The van der Waals surface area contributed by atoms with Gasteiger partial charge in [-0.3, -0.25) is 4.98 Å². The van der Waals surface area contributed by atoms with E-state index < -0.39 is 19.9 Å². The van der Waals surface area contributed by atoms with Crippen LogP contribution in [-0.2, 0) is 31.9 Å². The normalized spacial score (nSPS) is 12.9. The Bertz CT molecular complexity index is 3000. The number of imidazole rings is 1. The van der Waals surface area contributed by atoms with E-state index in [9.17, 15) is 0 Å². The number of rotatable bonds is 5. The van der Waals surface area contributed by atoms with Gasteiger partial charge in [0.25, 0.3) is 0 Å². The molecule has 0 aliphatic carbocycles. The molecule has 0 atom stereocenters. The van der Waals surface area contributed by atoms with Gasteiger partial charge in [-0.1, -0.05) is 150 Å². The maximum atomic E-state index is 8.89. The zero-order valence-corrected chi connectivity index (χ0v) is 38.2. The Morgan fingerprint density at radius 3 is 2.19 bits per heavy atom. The summed E-state index contributed by atoms with van der Waals surface area (Å²) in [6.45, 7) is 19.2. The van der Waals surface area contributed by atoms with Crippen molar-refractivity contribution in [3.05, 3.63) is 157 Å². The average molecular weight is 956 g/mol. The number of hydrogen-bond acceptors (Lipinski definition) is 3. The molecule has 6 aromatic carbocycles. The van der Waals surface area contributed by atoms with Gasteiger partial charge in [-0.15, -0.1) is 53.6 Å². The molecule has 4 nitrogen and oxygen atoms in total. The number of fused-ring (bicyclic) bond motifs is 5. The molecule has 0 bridgehead atoms. The predicted molar refractivity (Wildman–Crippen MR) is 243 cm³/mol. The molecule has 9 rings (SSSR count). The monoisotopic (exact) mass is 956 g/mol. The minimum Gasteiger partial charge on any atom is -0.501 e. The molecule has 6 heteroatoms. The topological polar surface area (TPSA) is 43.9 Å². The van der Waals surface area contributed by atoms with Crippen LogP contribution in [0.25, 0.3) is 72.1 Å². The number of pyridine rings is 1. The second-order valence-electron chi connectivity index (χ2n) is 17.9. The van der Waals surface area contributed by atoms with Crippen molar-refractivity contribution in [3.63, 3.8) is 0 Å². The summed E-state index contributed by atoms with van der Waals surface area (Å²) in [6.07, 6.45) is 0.472. The number of hydrogen-bond donors (Lipinski definition) is 0. The summed E-state index contributed by atoms with van der Waals surface area (Å²) in [6, 6.07) is 50.1. The molecule has 0 spiro atoms. The fourth-order valence-corrected chi connectivity index (χ4v) is 8.88. The molecule has 58 heavy (non-hydrogen) atoms. The third kappa shape index (κ3) is 8.24. The summed E-state index contributed by atoms with van der Waals surface area (Å²) >= 11 is 0. The summed E-state index contributed by atoms with van der Waals surface area (Å²) in [5.74, 6) is 0.826. The minimum absolute atomic E-state index is 0. The van der Waals surface area contributed by atoms with Gasteiger partial charge in [0.2, 0.25) is 0 Å². The summed E-state index contributed by atoms with van der Waals surface area (Å²) < 4.78 is 26.3. The third-order valence-corrected chi connectivity index (χ3v) is 12.3. The molecule has 9 aromatic rings. The van der Waals surface area contributed by atoms with E-state index in [2.05, 4.69) is 142 Å². The average Bonchev–Trinajstić information content (AvgIpc) is 3.79. The molecule has 0 saturated carbocycles. The van der Waals surface area contributed by atoms with Crippen molar-refractivity contribution in [1.82, 2.24) is 14.5 Å². The van der Waals surface area contributed by atoms with Crippen LogP contribution in [-0.4, -0.2) is 22.6 Å². The van der Waals surface area contributed by atoms with Crippen LogP contribution in [0.3, 0.4) is 0 Å². The van der Waals surface area contributed by atoms with E-state index in [4.69, 9.17) is 17.1 Å². The fraction of sp³-hybridized carbons (Fsp3) is 0.231. The summed E-state index contributed by atoms with van der Waals surface area (Å²) in [4.78, 5) is 9.79. The van der Waals surface area contributed by atoms with E-state index in [0.29, 0.717) is 0 Å². The van der Waals surface area contributed by atoms with E-state index in [-0.39, 0.29) is 25.5 Å². The van der Waals surface area contributed by atoms with Crippen molar-refractivity contribution in [2.75, 3.05) is 0 Å². The maximum Gasteiger partial charge on any atom is 0.120 e. The fourth-order valence-electron chi connectivity index (χ4n) is 7.49. The molecule has 295 valence electrons. The summed E-state index contributed by atoms with van der Waals surface area (Å²) in [7, 11) is -1.74. The van der Waals surface area contributed by atoms with Gasteiger partial charge in [0.15, 0.2) is 0 Å². The maximum absolute atomic E-state index is 8.89. The van der Waals surface area contributed by atoms with E-state index in [0.717, 1.165) is 72.1 Å². The van der Waals surface area contributed by atoms with Gasteiger partial charge in [0.05, 0.1) is 30.5 Å². The van der Waals surface area contributed by atoms with Gasteiger partial charge >= 0.3 is 0 Å². The Morgan fingerprint density at radius 1 is 0.741 bits per heavy atom. The smallest absolute Gasteiger partial charge is 0.120 e. The van der Waals surface area contributed by atoms with Gasteiger partial charge in [-0.25, -0.2) is 0 Å². The number of para-hydroxylation sites is 3. The Balaban J connectivity index is 0.000000182. The van der Waals surface area contributed by atoms with Crippen LogP contribution < -0.4 is 5.19 Å². The van der Waals surface area contributed by atoms with Gasteiger partial charge in [0, 0.05) is 45.5 Å². The Kier molecular flexibility index (Phi) is 10.5. The van der Waals surface area contributed by atoms with Crippen molar-refractivity contribution < 1.29 is 27.3 Å². The first-order chi connectivity index (χ1) is 27.9. The zero-order chi connectivity index (χ0) is 41.9. The first kappa shape index (κ1) is 38.4. The van der Waals surface area contributed by atoms with Crippen molar-refractivity contribution >= 4 is 57.0 Å². The van der Waals surface area contributed by atoms with Crippen molar-refractivity contribution in [2.24, 2.45) is 5.41 Å². The first-order valence-corrected chi connectivity index (χ1v) is 23.2. The van der Waals surface area contributed by atoms with E-state index in [1.165, 1.54) is 16.3 Å². The molecular weight excluding hydrogens is 903 g/mol. The Hall–Kier alpha value is -5.13. The Morgan fingerprint density at radius 2 is 1.43 bits per heavy atom. The molecule has 0 fully saturated rings. The van der Waals surface area contributed by atoms with Gasteiger partial charge in [-0.05, 0) is 57.7 Å². The van der Waals surface area contributed by atoms with Crippen molar-refractivity contribution in [2.45, 2.75) is 73.0 Å². The second-order valence-corrected chi connectivity index (χ2v) is 23.0. The van der Waals surface area contributed by atoms with Crippen LogP contribution >= 0.6 is 0 Å². The molecule has 0 N–H and O–H groups in total. The molecule has 0 amide bonds. The molecule has 3 heterocycles. The predicted octanol–water partition coefficient (Wildman–Crippen LogP) is 13.5.